The number of nitrogens with one attached hydrogen (secondary N) is 4. The van der Waals surface area contributed by atoms with Gasteiger partial charge in [-0.3, -0.25) is 24.0 Å². The quantitative estimate of drug-likeness (QED) is 0.160. The molecule has 1 heterocycles. The van der Waals surface area contributed by atoms with E-state index in [0.717, 1.165) is 6.42 Å². The van der Waals surface area contributed by atoms with Gasteiger partial charge in [0.05, 0.1) is 12.5 Å². The number of carbonyl (C=O) groups is 5. The van der Waals surface area contributed by atoms with Gasteiger partial charge >= 0.3 is 11.9 Å². The lowest BCUT2D eigenvalue weighted by molar-refractivity contribution is -0.143. The SMILES string of the molecule is CC(NC(=O)C(CCCCN)NC(=O)C(CC(=O)O)NC(=O)C1CCCN1)C(=O)O. The first kappa shape index (κ1) is 25.3. The van der Waals surface area contributed by atoms with E-state index in [9.17, 15) is 24.0 Å². The fourth-order valence-corrected chi connectivity index (χ4v) is 2.97. The van der Waals surface area contributed by atoms with Crippen LogP contribution >= 0.6 is 0 Å². The Labute approximate surface area is 174 Å². The van der Waals surface area contributed by atoms with Gasteiger partial charge in [-0.1, -0.05) is 0 Å². The molecule has 0 aliphatic carbocycles. The minimum absolute atomic E-state index is 0.180. The Morgan fingerprint density at radius 3 is 2.23 bits per heavy atom. The molecule has 4 atom stereocenters. The predicted octanol–water partition coefficient (Wildman–Crippen LogP) is -2.10. The molecule has 12 heteroatoms. The highest BCUT2D eigenvalue weighted by molar-refractivity contribution is 5.95. The zero-order chi connectivity index (χ0) is 22.7. The lowest BCUT2D eigenvalue weighted by atomic mass is 10.1. The molecule has 0 bridgehead atoms. The summed E-state index contributed by atoms with van der Waals surface area (Å²) in [6, 6.07) is -4.15. The number of aliphatic carboxylic acids is 2. The van der Waals surface area contributed by atoms with Crippen LogP contribution in [0.25, 0.3) is 0 Å². The van der Waals surface area contributed by atoms with Gasteiger partial charge in [0.1, 0.15) is 18.1 Å². The number of hydrogen-bond acceptors (Lipinski definition) is 7. The van der Waals surface area contributed by atoms with Crippen molar-refractivity contribution in [2.45, 2.75) is 69.6 Å². The molecule has 170 valence electrons. The Balaban J connectivity index is 2.84. The second-order valence-corrected chi connectivity index (χ2v) is 7.22. The van der Waals surface area contributed by atoms with E-state index < -0.39 is 60.2 Å². The molecule has 0 aromatic carbocycles. The van der Waals surface area contributed by atoms with E-state index in [1.807, 2.05) is 0 Å². The summed E-state index contributed by atoms with van der Waals surface area (Å²) < 4.78 is 0. The van der Waals surface area contributed by atoms with Crippen LogP contribution in [0.2, 0.25) is 0 Å². The van der Waals surface area contributed by atoms with Gasteiger partial charge in [-0.2, -0.15) is 0 Å². The number of carboxylic acid groups (broad SMARTS) is 2. The van der Waals surface area contributed by atoms with E-state index in [2.05, 4.69) is 21.3 Å². The Morgan fingerprint density at radius 1 is 1.03 bits per heavy atom. The van der Waals surface area contributed by atoms with Crippen molar-refractivity contribution >= 4 is 29.7 Å². The summed E-state index contributed by atoms with van der Waals surface area (Å²) in [5.41, 5.74) is 5.45. The summed E-state index contributed by atoms with van der Waals surface area (Å²) in [6.45, 7) is 2.31. The highest BCUT2D eigenvalue weighted by atomic mass is 16.4. The number of carboxylic acids is 2. The number of carbonyl (C=O) groups excluding carboxylic acids is 3. The maximum atomic E-state index is 12.7. The fourth-order valence-electron chi connectivity index (χ4n) is 2.97. The average molecular weight is 429 g/mol. The molecule has 4 unspecified atom stereocenters. The number of unbranched alkanes of at least 4 members (excludes halogenated alkanes) is 1. The van der Waals surface area contributed by atoms with Crippen LogP contribution in [0.4, 0.5) is 0 Å². The molecule has 12 nitrogen and oxygen atoms in total. The first-order valence-electron chi connectivity index (χ1n) is 9.94. The summed E-state index contributed by atoms with van der Waals surface area (Å²) in [6.07, 6.45) is 1.95. The fraction of sp³-hybridized carbons (Fsp3) is 0.722. The smallest absolute Gasteiger partial charge is 0.325 e. The molecule has 8 N–H and O–H groups in total. The standard InChI is InChI=1S/C18H31N5O7/c1-10(18(29)30)21-16(27)12(5-2-3-7-19)22-17(28)13(9-14(24)25)23-15(26)11-6-4-8-20-11/h10-13,20H,2-9,19H2,1H3,(H,21,27)(H,22,28)(H,23,26)(H,24,25)(H,29,30). The van der Waals surface area contributed by atoms with Gasteiger partial charge in [0.15, 0.2) is 0 Å². The number of hydrogen-bond donors (Lipinski definition) is 7. The molecule has 0 aromatic rings. The Bertz CT molecular complexity index is 636. The van der Waals surface area contributed by atoms with Gasteiger partial charge in [-0.05, 0) is 52.1 Å². The molecule has 0 saturated carbocycles. The lowest BCUT2D eigenvalue weighted by Gasteiger charge is -2.24. The number of amides is 3. The van der Waals surface area contributed by atoms with E-state index in [1.54, 1.807) is 0 Å². The third-order valence-electron chi connectivity index (χ3n) is 4.70. The summed E-state index contributed by atoms with van der Waals surface area (Å²) in [4.78, 5) is 59.5. The van der Waals surface area contributed by atoms with Crippen LogP contribution in [-0.2, 0) is 24.0 Å². The van der Waals surface area contributed by atoms with Crippen molar-refractivity contribution in [2.75, 3.05) is 13.1 Å². The third-order valence-corrected chi connectivity index (χ3v) is 4.70. The van der Waals surface area contributed by atoms with Crippen molar-refractivity contribution in [3.63, 3.8) is 0 Å². The molecule has 1 aliphatic heterocycles. The van der Waals surface area contributed by atoms with Crippen molar-refractivity contribution in [2.24, 2.45) is 5.73 Å². The van der Waals surface area contributed by atoms with Crippen LogP contribution in [0.5, 0.6) is 0 Å². The monoisotopic (exact) mass is 429 g/mol. The molecule has 0 radical (unpaired) electrons. The maximum Gasteiger partial charge on any atom is 0.325 e. The Morgan fingerprint density at radius 2 is 1.70 bits per heavy atom. The van der Waals surface area contributed by atoms with Crippen LogP contribution in [0.3, 0.4) is 0 Å². The van der Waals surface area contributed by atoms with E-state index in [4.69, 9.17) is 15.9 Å². The number of nitrogens with two attached hydrogens (primary N) is 1. The molecule has 0 spiro atoms. The van der Waals surface area contributed by atoms with E-state index in [0.29, 0.717) is 32.4 Å². The molecule has 0 aromatic heterocycles. The van der Waals surface area contributed by atoms with Crippen LogP contribution in [0, 0.1) is 0 Å². The second-order valence-electron chi connectivity index (χ2n) is 7.22. The van der Waals surface area contributed by atoms with Gasteiger partial charge in [0.25, 0.3) is 0 Å². The van der Waals surface area contributed by atoms with Crippen LogP contribution in [0.15, 0.2) is 0 Å². The normalized spacial score (nSPS) is 18.7. The average Bonchev–Trinajstić information content (AvgIpc) is 3.21. The Hall–Kier alpha value is -2.73. The molecule has 3 amide bonds. The largest absolute Gasteiger partial charge is 0.481 e. The molecule has 1 rings (SSSR count). The van der Waals surface area contributed by atoms with Gasteiger partial charge < -0.3 is 37.2 Å². The Kier molecular flexibility index (Phi) is 10.8. The lowest BCUT2D eigenvalue weighted by Crippen LogP contribution is -2.57. The molecular weight excluding hydrogens is 398 g/mol. The zero-order valence-corrected chi connectivity index (χ0v) is 17.0. The summed E-state index contributed by atoms with van der Waals surface area (Å²) >= 11 is 0. The molecule has 30 heavy (non-hydrogen) atoms. The van der Waals surface area contributed by atoms with Gasteiger partial charge in [-0.25, -0.2) is 0 Å². The predicted molar refractivity (Wildman–Crippen MR) is 105 cm³/mol. The van der Waals surface area contributed by atoms with E-state index >= 15 is 0 Å². The molecule has 1 saturated heterocycles. The summed E-state index contributed by atoms with van der Waals surface area (Å²) in [7, 11) is 0. The van der Waals surface area contributed by atoms with Crippen molar-refractivity contribution in [1.82, 2.24) is 21.3 Å². The highest BCUT2D eigenvalue weighted by Crippen LogP contribution is 2.07. The zero-order valence-electron chi connectivity index (χ0n) is 17.0. The first-order valence-corrected chi connectivity index (χ1v) is 9.94. The highest BCUT2D eigenvalue weighted by Gasteiger charge is 2.31. The number of rotatable bonds is 13. The van der Waals surface area contributed by atoms with Gasteiger partial charge in [0, 0.05) is 0 Å². The van der Waals surface area contributed by atoms with Crippen LogP contribution in [-0.4, -0.2) is 77.1 Å². The summed E-state index contributed by atoms with van der Waals surface area (Å²) in [5.74, 6) is -4.57. The van der Waals surface area contributed by atoms with E-state index in [-0.39, 0.29) is 6.42 Å². The van der Waals surface area contributed by atoms with Crippen LogP contribution < -0.4 is 27.0 Å². The maximum absolute atomic E-state index is 12.7. The minimum atomic E-state index is -1.38. The van der Waals surface area contributed by atoms with Crippen molar-refractivity contribution in [3.05, 3.63) is 0 Å². The van der Waals surface area contributed by atoms with Crippen molar-refractivity contribution in [3.8, 4) is 0 Å². The van der Waals surface area contributed by atoms with E-state index in [1.165, 1.54) is 6.92 Å². The topological polar surface area (TPSA) is 200 Å². The molecular formula is C18H31N5O7. The second kappa shape index (κ2) is 12.8. The van der Waals surface area contributed by atoms with Crippen LogP contribution in [0.1, 0.15) is 45.4 Å². The summed E-state index contributed by atoms with van der Waals surface area (Å²) in [5, 5.41) is 28.2. The van der Waals surface area contributed by atoms with Crippen molar-refractivity contribution in [1.29, 1.82) is 0 Å². The van der Waals surface area contributed by atoms with Crippen molar-refractivity contribution < 1.29 is 34.2 Å². The van der Waals surface area contributed by atoms with Gasteiger partial charge in [-0.15, -0.1) is 0 Å². The molecule has 1 aliphatic rings. The third kappa shape index (κ3) is 8.74. The molecule has 1 fully saturated rings. The first-order chi connectivity index (χ1) is 14.1. The minimum Gasteiger partial charge on any atom is -0.481 e. The van der Waals surface area contributed by atoms with Gasteiger partial charge in [0.2, 0.25) is 17.7 Å².